The van der Waals surface area contributed by atoms with Gasteiger partial charge in [-0.25, -0.2) is 0 Å². The maximum absolute atomic E-state index is 4.20. The molecule has 0 saturated carbocycles. The number of para-hydroxylation sites is 2. The van der Waals surface area contributed by atoms with Gasteiger partial charge in [-0.05, 0) is 42.4 Å². The molecule has 2 aliphatic rings. The number of hydrogen-bond donors (Lipinski definition) is 0. The number of hydrogen-bond acceptors (Lipinski definition) is 2. The molecule has 0 spiro atoms. The number of nitrogens with zero attached hydrogens (tertiary/aromatic N) is 4. The van der Waals surface area contributed by atoms with Crippen molar-refractivity contribution in [2.45, 2.75) is 39.3 Å². The molecular formula is C34H48N4+2. The smallest absolute Gasteiger partial charge is 0.167 e. The molecule has 202 valence electrons. The third-order valence-corrected chi connectivity index (χ3v) is 8.39. The summed E-state index contributed by atoms with van der Waals surface area (Å²) in [7, 11) is 9.59. The number of rotatable bonds is 11. The molecule has 2 aliphatic heterocycles. The highest BCUT2D eigenvalue weighted by Crippen LogP contribution is 2.36. The van der Waals surface area contributed by atoms with Crippen molar-refractivity contribution < 1.29 is 8.97 Å². The van der Waals surface area contributed by atoms with Gasteiger partial charge < -0.3 is 13.9 Å². The van der Waals surface area contributed by atoms with E-state index in [4.69, 9.17) is 0 Å². The van der Waals surface area contributed by atoms with Crippen molar-refractivity contribution in [1.29, 1.82) is 0 Å². The van der Waals surface area contributed by atoms with Crippen molar-refractivity contribution in [2.24, 2.45) is 0 Å². The Kier molecular flexibility index (Phi) is 8.64. The molecule has 2 aromatic rings. The molecule has 4 rings (SSSR count). The SMILES string of the molecule is C=C1C=CN(CCC[N+](C)(C)CCC[N+](C)(C)C(CC)N2C=CC(=CC)c3ccccc32)c2ccccc21. The van der Waals surface area contributed by atoms with E-state index >= 15 is 0 Å². The van der Waals surface area contributed by atoms with E-state index in [1.165, 1.54) is 47.6 Å². The van der Waals surface area contributed by atoms with Crippen molar-refractivity contribution in [3.8, 4) is 0 Å². The third kappa shape index (κ3) is 6.14. The number of fused-ring (bicyclic) bond motifs is 2. The molecule has 0 radical (unpaired) electrons. The zero-order valence-corrected chi connectivity index (χ0v) is 24.5. The first-order chi connectivity index (χ1) is 18.2. The van der Waals surface area contributed by atoms with Crippen LogP contribution in [0.3, 0.4) is 0 Å². The molecule has 1 atom stereocenters. The fraction of sp³-hybridized carbons (Fsp3) is 0.412. The maximum Gasteiger partial charge on any atom is 0.167 e. The largest absolute Gasteiger partial charge is 0.347 e. The van der Waals surface area contributed by atoms with Crippen LogP contribution in [0.15, 0.2) is 85.7 Å². The molecule has 0 fully saturated rings. The Morgan fingerprint density at radius 1 is 0.816 bits per heavy atom. The summed E-state index contributed by atoms with van der Waals surface area (Å²) in [6, 6.07) is 17.5. The lowest BCUT2D eigenvalue weighted by atomic mass is 9.99. The highest BCUT2D eigenvalue weighted by atomic mass is 15.5. The molecule has 0 N–H and O–H groups in total. The summed E-state index contributed by atoms with van der Waals surface area (Å²) < 4.78 is 2.04. The quantitative estimate of drug-likeness (QED) is 0.295. The first kappa shape index (κ1) is 27.9. The summed E-state index contributed by atoms with van der Waals surface area (Å²) in [6.07, 6.45) is 15.0. The molecule has 0 aliphatic carbocycles. The monoisotopic (exact) mass is 512 g/mol. The van der Waals surface area contributed by atoms with Crippen LogP contribution in [0.4, 0.5) is 11.4 Å². The lowest BCUT2D eigenvalue weighted by molar-refractivity contribution is -0.924. The maximum atomic E-state index is 4.20. The topological polar surface area (TPSA) is 6.48 Å². The van der Waals surface area contributed by atoms with Gasteiger partial charge in [-0.1, -0.05) is 56.0 Å². The molecule has 0 amide bonds. The summed E-state index contributed by atoms with van der Waals surface area (Å²) in [5.41, 5.74) is 7.61. The van der Waals surface area contributed by atoms with E-state index in [2.05, 4.69) is 138 Å². The lowest BCUT2D eigenvalue weighted by Crippen LogP contribution is -2.57. The summed E-state index contributed by atoms with van der Waals surface area (Å²) in [6.45, 7) is 13.2. The van der Waals surface area contributed by atoms with Gasteiger partial charge in [0.15, 0.2) is 6.17 Å². The minimum atomic E-state index is 0.405. The van der Waals surface area contributed by atoms with Gasteiger partial charge in [0.05, 0.1) is 53.5 Å². The molecule has 38 heavy (non-hydrogen) atoms. The fourth-order valence-corrected chi connectivity index (χ4v) is 6.19. The summed E-state index contributed by atoms with van der Waals surface area (Å²) in [4.78, 5) is 4.90. The average Bonchev–Trinajstić information content (AvgIpc) is 2.90. The zero-order valence-electron chi connectivity index (χ0n) is 24.5. The second-order valence-corrected chi connectivity index (χ2v) is 12.0. The highest BCUT2D eigenvalue weighted by Gasteiger charge is 2.34. The van der Waals surface area contributed by atoms with Crippen LogP contribution in [-0.4, -0.2) is 69.5 Å². The second kappa shape index (κ2) is 11.8. The number of quaternary nitrogens is 2. The normalized spacial score (nSPS) is 17.1. The van der Waals surface area contributed by atoms with Crippen LogP contribution in [0.5, 0.6) is 0 Å². The van der Waals surface area contributed by atoms with Crippen LogP contribution in [0.1, 0.15) is 44.2 Å². The van der Waals surface area contributed by atoms with E-state index in [0.717, 1.165) is 40.5 Å². The minimum Gasteiger partial charge on any atom is -0.347 e. The van der Waals surface area contributed by atoms with Gasteiger partial charge in [0.25, 0.3) is 0 Å². The van der Waals surface area contributed by atoms with Gasteiger partial charge in [0.2, 0.25) is 0 Å². The summed E-state index contributed by atoms with van der Waals surface area (Å²) in [5.74, 6) is 0. The molecule has 4 heteroatoms. The van der Waals surface area contributed by atoms with Crippen molar-refractivity contribution in [3.63, 3.8) is 0 Å². The van der Waals surface area contributed by atoms with Gasteiger partial charge in [-0.3, -0.25) is 4.90 Å². The first-order valence-electron chi connectivity index (χ1n) is 14.3. The van der Waals surface area contributed by atoms with E-state index in [9.17, 15) is 0 Å². The number of anilines is 2. The van der Waals surface area contributed by atoms with Gasteiger partial charge in [0.1, 0.15) is 0 Å². The summed E-state index contributed by atoms with van der Waals surface area (Å²) >= 11 is 0. The van der Waals surface area contributed by atoms with Crippen LogP contribution in [-0.2, 0) is 0 Å². The Morgan fingerprint density at radius 2 is 1.47 bits per heavy atom. The minimum absolute atomic E-state index is 0.405. The molecule has 2 aromatic carbocycles. The number of allylic oxidation sites excluding steroid dienone is 5. The molecular weight excluding hydrogens is 464 g/mol. The standard InChI is InChI=1S/C34H48N4/c1-8-29-21-24-36(33-19-13-11-17-31(29)33)34(9-2)38(6,7)27-15-26-37(4,5)25-14-22-35-23-20-28(3)30-16-10-12-18-32(30)35/h8,10-13,16-21,23-24,34H,3,9,14-15,22,25-27H2,1-2,4-7H3/q+2. The van der Waals surface area contributed by atoms with Crippen LogP contribution >= 0.6 is 0 Å². The van der Waals surface area contributed by atoms with E-state index in [1.807, 2.05) is 0 Å². The Morgan fingerprint density at radius 3 is 2.18 bits per heavy atom. The van der Waals surface area contributed by atoms with Crippen molar-refractivity contribution in [2.75, 3.05) is 64.2 Å². The Labute approximate surface area is 231 Å². The van der Waals surface area contributed by atoms with Crippen LogP contribution in [0.2, 0.25) is 0 Å². The van der Waals surface area contributed by atoms with E-state index in [1.54, 1.807) is 0 Å². The van der Waals surface area contributed by atoms with Crippen molar-refractivity contribution >= 4 is 22.5 Å². The average molecular weight is 513 g/mol. The molecule has 0 aromatic heterocycles. The molecule has 0 bridgehead atoms. The molecule has 1 unspecified atom stereocenters. The first-order valence-corrected chi connectivity index (χ1v) is 14.3. The molecule has 4 nitrogen and oxygen atoms in total. The predicted octanol–water partition coefficient (Wildman–Crippen LogP) is 7.14. The Bertz CT molecular complexity index is 1220. The zero-order chi connectivity index (χ0) is 27.3. The fourth-order valence-electron chi connectivity index (χ4n) is 6.19. The van der Waals surface area contributed by atoms with Crippen molar-refractivity contribution in [1.82, 2.24) is 0 Å². The van der Waals surface area contributed by atoms with E-state index in [0.29, 0.717) is 6.17 Å². The second-order valence-electron chi connectivity index (χ2n) is 12.0. The van der Waals surface area contributed by atoms with Crippen LogP contribution in [0, 0.1) is 0 Å². The van der Waals surface area contributed by atoms with E-state index < -0.39 is 0 Å². The molecule has 0 saturated heterocycles. The van der Waals surface area contributed by atoms with E-state index in [-0.39, 0.29) is 0 Å². The van der Waals surface area contributed by atoms with Gasteiger partial charge in [0, 0.05) is 55.0 Å². The number of benzene rings is 2. The Hall–Kier alpha value is -3.08. The molecule has 2 heterocycles. The van der Waals surface area contributed by atoms with Crippen LogP contribution in [0.25, 0.3) is 11.1 Å². The van der Waals surface area contributed by atoms with Gasteiger partial charge in [-0.2, -0.15) is 0 Å². The third-order valence-electron chi connectivity index (χ3n) is 8.39. The lowest BCUT2D eigenvalue weighted by Gasteiger charge is -2.45. The van der Waals surface area contributed by atoms with Crippen LogP contribution < -0.4 is 9.80 Å². The highest BCUT2D eigenvalue weighted by molar-refractivity contribution is 5.86. The van der Waals surface area contributed by atoms with Gasteiger partial charge in [-0.15, -0.1) is 0 Å². The van der Waals surface area contributed by atoms with Crippen molar-refractivity contribution in [3.05, 3.63) is 96.9 Å². The Balaban J connectivity index is 1.32. The van der Waals surface area contributed by atoms with Gasteiger partial charge >= 0.3 is 0 Å². The predicted molar refractivity (Wildman–Crippen MR) is 166 cm³/mol. The summed E-state index contributed by atoms with van der Waals surface area (Å²) in [5, 5.41) is 0.